The maximum atomic E-state index is 14.1. The Bertz CT molecular complexity index is 1400. The lowest BCUT2D eigenvalue weighted by Crippen LogP contribution is -2.53. The van der Waals surface area contributed by atoms with Crippen molar-refractivity contribution < 1.29 is 22.4 Å². The smallest absolute Gasteiger partial charge is 0.244 e. The molecule has 0 saturated heterocycles. The predicted molar refractivity (Wildman–Crippen MR) is 157 cm³/mol. The van der Waals surface area contributed by atoms with E-state index in [1.54, 1.807) is 31.2 Å². The van der Waals surface area contributed by atoms with Gasteiger partial charge < -0.3 is 10.2 Å². The molecule has 0 aliphatic heterocycles. The van der Waals surface area contributed by atoms with Gasteiger partial charge in [-0.05, 0) is 55.2 Å². The van der Waals surface area contributed by atoms with Gasteiger partial charge in [-0.2, -0.15) is 0 Å². The number of unbranched alkanes of at least 4 members (excludes halogenated alkanes) is 1. The fraction of sp³-hybridized carbons (Fsp3) is 0.355. The van der Waals surface area contributed by atoms with Crippen molar-refractivity contribution >= 4 is 27.5 Å². The van der Waals surface area contributed by atoms with E-state index in [0.717, 1.165) is 34.5 Å². The lowest BCUT2D eigenvalue weighted by molar-refractivity contribution is -0.140. The van der Waals surface area contributed by atoms with Crippen molar-refractivity contribution in [2.75, 3.05) is 23.7 Å². The summed E-state index contributed by atoms with van der Waals surface area (Å²) in [7, 11) is -3.85. The van der Waals surface area contributed by atoms with Crippen LogP contribution < -0.4 is 9.62 Å². The van der Waals surface area contributed by atoms with Gasteiger partial charge >= 0.3 is 0 Å². The monoisotopic (exact) mass is 567 g/mol. The molecular formula is C31H38FN3O4S. The van der Waals surface area contributed by atoms with Gasteiger partial charge in [0.2, 0.25) is 21.8 Å². The Labute approximate surface area is 237 Å². The van der Waals surface area contributed by atoms with Crippen molar-refractivity contribution in [2.24, 2.45) is 0 Å². The third kappa shape index (κ3) is 8.64. The summed E-state index contributed by atoms with van der Waals surface area (Å²) in [6, 6.07) is 19.5. The summed E-state index contributed by atoms with van der Waals surface area (Å²) >= 11 is 0. The minimum Gasteiger partial charge on any atom is -0.354 e. The molecule has 1 N–H and O–H groups in total. The Morgan fingerprint density at radius 3 is 2.23 bits per heavy atom. The Morgan fingerprint density at radius 1 is 0.950 bits per heavy atom. The second kappa shape index (κ2) is 14.1. The van der Waals surface area contributed by atoms with Crippen molar-refractivity contribution in [3.05, 3.63) is 101 Å². The van der Waals surface area contributed by atoms with E-state index in [9.17, 15) is 22.4 Å². The molecule has 1 atom stereocenters. The van der Waals surface area contributed by atoms with Crippen LogP contribution in [0.4, 0.5) is 10.1 Å². The van der Waals surface area contributed by atoms with Crippen LogP contribution in [-0.2, 0) is 32.6 Å². The number of nitrogens with zero attached hydrogens (tertiary/aromatic N) is 2. The van der Waals surface area contributed by atoms with E-state index in [1.165, 1.54) is 17.0 Å². The molecule has 0 bridgehead atoms. The van der Waals surface area contributed by atoms with Gasteiger partial charge in [0.25, 0.3) is 0 Å². The maximum Gasteiger partial charge on any atom is 0.244 e. The highest BCUT2D eigenvalue weighted by molar-refractivity contribution is 7.92. The van der Waals surface area contributed by atoms with Crippen molar-refractivity contribution in [3.63, 3.8) is 0 Å². The number of rotatable bonds is 13. The molecule has 40 heavy (non-hydrogen) atoms. The molecule has 0 aromatic heterocycles. The lowest BCUT2D eigenvalue weighted by Gasteiger charge is -2.34. The number of carbonyl (C=O) groups is 2. The number of halogens is 1. The van der Waals surface area contributed by atoms with Crippen molar-refractivity contribution in [2.45, 2.75) is 52.6 Å². The molecular weight excluding hydrogens is 529 g/mol. The first-order valence-electron chi connectivity index (χ1n) is 13.4. The number of sulfonamides is 1. The van der Waals surface area contributed by atoms with Crippen LogP contribution in [0.15, 0.2) is 72.8 Å². The van der Waals surface area contributed by atoms with E-state index >= 15 is 0 Å². The van der Waals surface area contributed by atoms with E-state index in [2.05, 4.69) is 5.32 Å². The first-order chi connectivity index (χ1) is 19.0. The molecule has 0 fully saturated rings. The largest absolute Gasteiger partial charge is 0.354 e. The summed E-state index contributed by atoms with van der Waals surface area (Å²) in [5.74, 6) is -1.29. The maximum absolute atomic E-state index is 14.1. The molecule has 3 aromatic rings. The van der Waals surface area contributed by atoms with Gasteiger partial charge in [-0.3, -0.25) is 13.9 Å². The standard InChI is InChI=1S/C31H38FN3O4S/c1-5-6-18-33-31(37)29(20-25-10-8-7-9-11-25)34(21-26-13-15-27(32)16-14-26)30(36)22-35(40(4,38)39)28-17-12-23(2)19-24(28)3/h7-17,19,29H,5-6,18,20-22H2,1-4H3,(H,33,37)/t29-/m1/s1. The summed E-state index contributed by atoms with van der Waals surface area (Å²) in [4.78, 5) is 29.0. The first-order valence-corrected chi connectivity index (χ1v) is 15.2. The fourth-order valence-corrected chi connectivity index (χ4v) is 5.43. The molecule has 0 unspecified atom stereocenters. The minimum atomic E-state index is -3.85. The van der Waals surface area contributed by atoms with Crippen LogP contribution in [0.25, 0.3) is 0 Å². The van der Waals surface area contributed by atoms with E-state index < -0.39 is 34.3 Å². The number of anilines is 1. The molecule has 0 aliphatic carbocycles. The lowest BCUT2D eigenvalue weighted by atomic mass is 10.0. The number of nitrogens with one attached hydrogen (secondary N) is 1. The Kier molecular flexibility index (Phi) is 10.8. The number of amides is 2. The van der Waals surface area contributed by atoms with Crippen LogP contribution >= 0.6 is 0 Å². The number of carbonyl (C=O) groups excluding carboxylic acids is 2. The zero-order valence-electron chi connectivity index (χ0n) is 23.6. The van der Waals surface area contributed by atoms with Gasteiger partial charge in [0.15, 0.2) is 0 Å². The average Bonchev–Trinajstić information content (AvgIpc) is 2.90. The molecule has 2 amide bonds. The van der Waals surface area contributed by atoms with Gasteiger partial charge in [-0.1, -0.05) is 73.5 Å². The molecule has 9 heteroatoms. The normalized spacial score (nSPS) is 12.0. The average molecular weight is 568 g/mol. The summed E-state index contributed by atoms with van der Waals surface area (Å²) in [6.07, 6.45) is 2.96. The Hall–Kier alpha value is -3.72. The topological polar surface area (TPSA) is 86.8 Å². The van der Waals surface area contributed by atoms with Gasteiger partial charge in [0.05, 0.1) is 11.9 Å². The zero-order chi connectivity index (χ0) is 29.3. The molecule has 0 heterocycles. The van der Waals surface area contributed by atoms with Crippen LogP contribution in [0.1, 0.15) is 42.0 Å². The molecule has 0 spiro atoms. The van der Waals surface area contributed by atoms with Crippen molar-refractivity contribution in [1.29, 1.82) is 0 Å². The Balaban J connectivity index is 2.04. The van der Waals surface area contributed by atoms with Gasteiger partial charge in [0, 0.05) is 19.5 Å². The highest BCUT2D eigenvalue weighted by Gasteiger charge is 2.33. The quantitative estimate of drug-likeness (QED) is 0.302. The van der Waals surface area contributed by atoms with Gasteiger partial charge in [-0.15, -0.1) is 0 Å². The third-order valence-corrected chi connectivity index (χ3v) is 7.79. The van der Waals surface area contributed by atoms with Crippen LogP contribution in [0.2, 0.25) is 0 Å². The number of hydrogen-bond acceptors (Lipinski definition) is 4. The fourth-order valence-electron chi connectivity index (χ4n) is 4.53. The van der Waals surface area contributed by atoms with Crippen LogP contribution in [0.3, 0.4) is 0 Å². The van der Waals surface area contributed by atoms with E-state index in [4.69, 9.17) is 0 Å². The van der Waals surface area contributed by atoms with Gasteiger partial charge in [0.1, 0.15) is 18.4 Å². The van der Waals surface area contributed by atoms with Gasteiger partial charge in [-0.25, -0.2) is 12.8 Å². The summed E-state index contributed by atoms with van der Waals surface area (Å²) in [5.41, 5.74) is 3.54. The highest BCUT2D eigenvalue weighted by atomic mass is 32.2. The third-order valence-electron chi connectivity index (χ3n) is 6.67. The van der Waals surface area contributed by atoms with E-state index in [1.807, 2.05) is 50.2 Å². The minimum absolute atomic E-state index is 0.00228. The van der Waals surface area contributed by atoms with Crippen LogP contribution in [0.5, 0.6) is 0 Å². The molecule has 3 aromatic carbocycles. The zero-order valence-corrected chi connectivity index (χ0v) is 24.4. The molecule has 0 saturated carbocycles. The second-order valence-electron chi connectivity index (χ2n) is 10.1. The highest BCUT2D eigenvalue weighted by Crippen LogP contribution is 2.25. The van der Waals surface area contributed by atoms with Crippen LogP contribution in [-0.4, -0.2) is 50.5 Å². The van der Waals surface area contributed by atoms with Crippen molar-refractivity contribution in [1.82, 2.24) is 10.2 Å². The summed E-state index contributed by atoms with van der Waals surface area (Å²) in [6.45, 7) is 5.69. The predicted octanol–water partition coefficient (Wildman–Crippen LogP) is 4.76. The molecule has 0 aliphatic rings. The molecule has 0 radical (unpaired) electrons. The SMILES string of the molecule is CCCCNC(=O)[C@@H](Cc1ccccc1)N(Cc1ccc(F)cc1)C(=O)CN(c1ccc(C)cc1C)S(C)(=O)=O. The van der Waals surface area contributed by atoms with E-state index in [0.29, 0.717) is 23.4 Å². The first kappa shape index (κ1) is 30.8. The number of benzene rings is 3. The van der Waals surface area contributed by atoms with E-state index in [-0.39, 0.29) is 18.9 Å². The second-order valence-corrected chi connectivity index (χ2v) is 12.0. The van der Waals surface area contributed by atoms with Crippen molar-refractivity contribution in [3.8, 4) is 0 Å². The molecule has 3 rings (SSSR count). The molecule has 7 nitrogen and oxygen atoms in total. The molecule has 214 valence electrons. The van der Waals surface area contributed by atoms with Crippen LogP contribution in [0, 0.1) is 19.7 Å². The summed E-state index contributed by atoms with van der Waals surface area (Å²) in [5, 5.41) is 2.94. The number of hydrogen-bond donors (Lipinski definition) is 1. The number of aryl methyl sites for hydroxylation is 2. The summed E-state index contributed by atoms with van der Waals surface area (Å²) < 4.78 is 40.6. The Morgan fingerprint density at radius 2 is 1.62 bits per heavy atom.